The van der Waals surface area contributed by atoms with E-state index >= 15 is 0 Å². The summed E-state index contributed by atoms with van der Waals surface area (Å²) in [6.45, 7) is 0. The molecule has 32 heavy (non-hydrogen) atoms. The van der Waals surface area contributed by atoms with Crippen molar-refractivity contribution in [2.45, 2.75) is 5.03 Å². The Balaban J connectivity index is 1.70. The third-order valence-corrected chi connectivity index (χ3v) is 6.31. The standard InChI is InChI=1S/C21H12N6O3S2/c22-9-13-17(16-7-4-8-31-16)14(10-23)20(25-19(13)24)32-11-15(28)18-21(29)30-26-27(18)12-5-2-1-3-6-12/h1-8H,11H2,(H2-,24,25,26,28,29)/p+1. The number of hydrogen-bond donors (Lipinski definition) is 2. The molecule has 4 rings (SSSR count). The maximum absolute atomic E-state index is 12.9. The molecule has 9 nitrogen and oxygen atoms in total. The number of H-pyrrole nitrogens is 1. The number of thiophene rings is 1. The van der Waals surface area contributed by atoms with E-state index in [0.717, 1.165) is 11.8 Å². The summed E-state index contributed by atoms with van der Waals surface area (Å²) in [5, 5.41) is 23.8. The van der Waals surface area contributed by atoms with E-state index in [2.05, 4.69) is 16.3 Å². The highest BCUT2D eigenvalue weighted by molar-refractivity contribution is 8.00. The molecule has 0 radical (unpaired) electrons. The molecule has 3 N–H and O–H groups in total. The van der Waals surface area contributed by atoms with Gasteiger partial charge < -0.3 is 5.73 Å². The topological polar surface area (TPSA) is 153 Å². The molecule has 0 aliphatic carbocycles. The number of carbonyl (C=O) groups is 1. The van der Waals surface area contributed by atoms with E-state index in [9.17, 15) is 20.1 Å². The van der Waals surface area contributed by atoms with E-state index in [4.69, 9.17) is 10.3 Å². The second-order valence-corrected chi connectivity index (χ2v) is 8.25. The first-order chi connectivity index (χ1) is 15.5. The Morgan fingerprint density at radius 3 is 2.59 bits per heavy atom. The van der Waals surface area contributed by atoms with E-state index in [1.165, 1.54) is 16.0 Å². The number of ketones is 1. The summed E-state index contributed by atoms with van der Waals surface area (Å²) >= 11 is 2.31. The first-order valence-electron chi connectivity index (χ1n) is 9.07. The molecule has 0 saturated heterocycles. The fraction of sp³-hybridized carbons (Fsp3) is 0.0476. The average Bonchev–Trinajstić information content (AvgIpc) is 3.47. The Bertz CT molecular complexity index is 1440. The van der Waals surface area contributed by atoms with Crippen molar-refractivity contribution in [3.8, 4) is 28.3 Å². The number of aromatic amines is 1. The maximum atomic E-state index is 12.9. The Kier molecular flexibility index (Phi) is 5.85. The Hall–Kier alpha value is -4.19. The molecule has 156 valence electrons. The molecular weight excluding hydrogens is 448 g/mol. The predicted molar refractivity (Wildman–Crippen MR) is 117 cm³/mol. The minimum absolute atomic E-state index is 0.0367. The normalized spacial score (nSPS) is 10.4. The summed E-state index contributed by atoms with van der Waals surface area (Å²) in [6, 6.07) is 16.4. The van der Waals surface area contributed by atoms with Crippen LogP contribution < -0.4 is 16.0 Å². The van der Waals surface area contributed by atoms with Crippen LogP contribution in [0.15, 0.2) is 62.2 Å². The van der Waals surface area contributed by atoms with Crippen LogP contribution in [-0.2, 0) is 0 Å². The molecule has 3 aromatic heterocycles. The quantitative estimate of drug-likeness (QED) is 0.252. The van der Waals surface area contributed by atoms with E-state index in [1.807, 2.05) is 11.4 Å². The van der Waals surface area contributed by atoms with Crippen LogP contribution in [0.25, 0.3) is 16.1 Å². The number of para-hydroxylation sites is 1. The fourth-order valence-corrected chi connectivity index (χ4v) is 4.68. The number of rotatable bonds is 6. The number of nitrogens with two attached hydrogens (primary N) is 1. The highest BCUT2D eigenvalue weighted by Crippen LogP contribution is 2.37. The molecular formula is C21H13N6O3S2+. The fourth-order valence-electron chi connectivity index (χ4n) is 3.04. The Morgan fingerprint density at radius 2 is 1.94 bits per heavy atom. The van der Waals surface area contributed by atoms with Gasteiger partial charge in [0.25, 0.3) is 0 Å². The van der Waals surface area contributed by atoms with Crippen LogP contribution in [0.5, 0.6) is 0 Å². The number of carbonyl (C=O) groups excluding carboxylic acids is 1. The number of nitrogens with one attached hydrogen (secondary N) is 1. The van der Waals surface area contributed by atoms with Crippen LogP contribution in [0.1, 0.15) is 21.6 Å². The molecule has 0 amide bonds. The number of nitrogen functional groups attached to an aromatic ring is 1. The van der Waals surface area contributed by atoms with Gasteiger partial charge in [0.2, 0.25) is 11.5 Å². The van der Waals surface area contributed by atoms with Gasteiger partial charge >= 0.3 is 11.3 Å². The van der Waals surface area contributed by atoms with Gasteiger partial charge in [-0.05, 0) is 21.4 Å². The number of anilines is 1. The van der Waals surface area contributed by atoms with Crippen molar-refractivity contribution in [3.05, 3.63) is 75.1 Å². The number of Topliss-reactive ketones (excluding diaryl/α,β-unsaturated/α-hetero) is 1. The highest BCUT2D eigenvalue weighted by Gasteiger charge is 2.31. The summed E-state index contributed by atoms with van der Waals surface area (Å²) < 4.78 is 6.07. The van der Waals surface area contributed by atoms with Crippen LogP contribution in [-0.4, -0.2) is 21.8 Å². The number of benzene rings is 1. The van der Waals surface area contributed by atoms with Crippen LogP contribution in [0.2, 0.25) is 0 Å². The summed E-state index contributed by atoms with van der Waals surface area (Å²) in [5.41, 5.74) is 6.15. The first-order valence-corrected chi connectivity index (χ1v) is 10.9. The van der Waals surface area contributed by atoms with Crippen LogP contribution in [0.4, 0.5) is 5.82 Å². The SMILES string of the molecule is N#Cc1c(N)nc(SCC(=O)c2c(=O)o[nH][n+]2-c2ccccc2)c(C#N)c1-c1cccs1. The molecule has 0 saturated carbocycles. The lowest BCUT2D eigenvalue weighted by Crippen LogP contribution is -2.41. The van der Waals surface area contributed by atoms with Gasteiger partial charge in [0.05, 0.1) is 11.3 Å². The molecule has 0 aliphatic rings. The third kappa shape index (κ3) is 3.78. The molecule has 4 aromatic rings. The second-order valence-electron chi connectivity index (χ2n) is 6.34. The summed E-state index contributed by atoms with van der Waals surface area (Å²) in [4.78, 5) is 29.9. The largest absolute Gasteiger partial charge is 0.438 e. The third-order valence-electron chi connectivity index (χ3n) is 4.45. The zero-order chi connectivity index (χ0) is 22.7. The van der Waals surface area contributed by atoms with Crippen molar-refractivity contribution < 1.29 is 14.0 Å². The minimum atomic E-state index is -0.813. The maximum Gasteiger partial charge on any atom is 0.438 e. The number of hydrogen-bond acceptors (Lipinski definition) is 9. The molecule has 0 aliphatic heterocycles. The molecule has 3 heterocycles. The Morgan fingerprint density at radius 1 is 1.19 bits per heavy atom. The minimum Gasteiger partial charge on any atom is -0.383 e. The number of nitrogens with zero attached hydrogens (tertiary/aromatic N) is 4. The van der Waals surface area contributed by atoms with Gasteiger partial charge in [-0.2, -0.15) is 10.5 Å². The summed E-state index contributed by atoms with van der Waals surface area (Å²) in [6.07, 6.45) is 0. The number of thioether (sulfide) groups is 1. The van der Waals surface area contributed by atoms with Crippen molar-refractivity contribution in [1.82, 2.24) is 10.3 Å². The number of nitriles is 2. The lowest BCUT2D eigenvalue weighted by molar-refractivity contribution is -0.672. The monoisotopic (exact) mass is 461 g/mol. The van der Waals surface area contributed by atoms with E-state index in [0.29, 0.717) is 16.1 Å². The summed E-state index contributed by atoms with van der Waals surface area (Å²) in [5.74, 6) is -0.766. The zero-order valence-electron chi connectivity index (χ0n) is 16.2. The van der Waals surface area contributed by atoms with E-state index < -0.39 is 11.4 Å². The van der Waals surface area contributed by atoms with Gasteiger partial charge in [-0.25, -0.2) is 9.78 Å². The van der Waals surface area contributed by atoms with Crippen molar-refractivity contribution in [1.29, 1.82) is 10.5 Å². The number of pyridine rings is 1. The van der Waals surface area contributed by atoms with Gasteiger partial charge in [0.15, 0.2) is 0 Å². The van der Waals surface area contributed by atoms with Crippen molar-refractivity contribution >= 4 is 34.7 Å². The molecule has 0 spiro atoms. The van der Waals surface area contributed by atoms with Crippen molar-refractivity contribution in [2.24, 2.45) is 0 Å². The number of aromatic nitrogens is 3. The van der Waals surface area contributed by atoms with Crippen LogP contribution >= 0.6 is 23.1 Å². The van der Waals surface area contributed by atoms with Gasteiger partial charge in [0.1, 0.15) is 28.5 Å². The second kappa shape index (κ2) is 8.89. The molecule has 11 heteroatoms. The van der Waals surface area contributed by atoms with Gasteiger partial charge in [-0.3, -0.25) is 9.32 Å². The van der Waals surface area contributed by atoms with Gasteiger partial charge in [-0.1, -0.05) is 36.0 Å². The molecule has 1 aromatic carbocycles. The van der Waals surface area contributed by atoms with Gasteiger partial charge in [0, 0.05) is 22.6 Å². The molecule has 0 bridgehead atoms. The smallest absolute Gasteiger partial charge is 0.383 e. The first kappa shape index (κ1) is 21.1. The van der Waals surface area contributed by atoms with Crippen LogP contribution in [0, 0.1) is 22.7 Å². The van der Waals surface area contributed by atoms with Crippen molar-refractivity contribution in [3.63, 3.8) is 0 Å². The highest BCUT2D eigenvalue weighted by atomic mass is 32.2. The lowest BCUT2D eigenvalue weighted by Gasteiger charge is -2.11. The lowest BCUT2D eigenvalue weighted by atomic mass is 10.0. The van der Waals surface area contributed by atoms with Gasteiger partial charge in [-0.15, -0.1) is 11.3 Å². The van der Waals surface area contributed by atoms with E-state index in [1.54, 1.807) is 42.5 Å². The predicted octanol–water partition coefficient (Wildman–Crippen LogP) is 2.67. The molecule has 0 atom stereocenters. The van der Waals surface area contributed by atoms with E-state index in [-0.39, 0.29) is 33.4 Å². The zero-order valence-corrected chi connectivity index (χ0v) is 17.9. The van der Waals surface area contributed by atoms with Crippen molar-refractivity contribution in [2.75, 3.05) is 11.5 Å². The summed E-state index contributed by atoms with van der Waals surface area (Å²) in [7, 11) is 0. The van der Waals surface area contributed by atoms with Crippen LogP contribution in [0.3, 0.4) is 0 Å². The average molecular weight is 462 g/mol. The Labute approximate surface area is 189 Å². The molecule has 0 unspecified atom stereocenters. The molecule has 0 fully saturated rings.